The smallest absolute Gasteiger partial charge is 0.431 e. The summed E-state index contributed by atoms with van der Waals surface area (Å²) in [6.45, 7) is 1.88. The van der Waals surface area contributed by atoms with Gasteiger partial charge in [0.2, 0.25) is 0 Å². The van der Waals surface area contributed by atoms with Gasteiger partial charge in [-0.1, -0.05) is 25.8 Å². The Bertz CT molecular complexity index is 286. The van der Waals surface area contributed by atoms with Gasteiger partial charge in [0.1, 0.15) is 12.3 Å². The average Bonchev–Trinajstić information content (AvgIpc) is 2.57. The molecule has 0 bridgehead atoms. The average molecular weight is 237 g/mol. The molecule has 0 spiro atoms. The predicted octanol–water partition coefficient (Wildman–Crippen LogP) is 3.08. The second kappa shape index (κ2) is 5.23. The van der Waals surface area contributed by atoms with Crippen molar-refractivity contribution in [3.8, 4) is 0 Å². The highest BCUT2D eigenvalue weighted by Gasteiger charge is 2.42. The molecule has 6 heteroatoms. The molecule has 16 heavy (non-hydrogen) atoms. The highest BCUT2D eigenvalue weighted by Crippen LogP contribution is 2.30. The first-order valence-electron chi connectivity index (χ1n) is 5.18. The maximum atomic E-state index is 12.7. The van der Waals surface area contributed by atoms with E-state index in [-0.39, 0.29) is 13.2 Å². The van der Waals surface area contributed by atoms with E-state index in [0.29, 0.717) is 17.7 Å². The molecule has 0 unspecified atom stereocenters. The molecule has 0 saturated carbocycles. The van der Waals surface area contributed by atoms with E-state index in [1.807, 2.05) is 6.92 Å². The predicted molar refractivity (Wildman–Crippen MR) is 51.7 cm³/mol. The zero-order valence-corrected chi connectivity index (χ0v) is 9.01. The van der Waals surface area contributed by atoms with E-state index in [4.69, 9.17) is 0 Å². The first kappa shape index (κ1) is 12.9. The number of alkyl halides is 3. The first-order valence-corrected chi connectivity index (χ1v) is 5.18. The van der Waals surface area contributed by atoms with E-state index in [9.17, 15) is 18.0 Å². The molecule has 0 radical (unpaired) electrons. The molecule has 0 aromatic carbocycles. The Morgan fingerprint density at radius 2 is 2.25 bits per heavy atom. The van der Waals surface area contributed by atoms with Gasteiger partial charge in [-0.25, -0.2) is 4.79 Å². The molecule has 1 aliphatic heterocycles. The van der Waals surface area contributed by atoms with Crippen LogP contribution in [0.4, 0.5) is 18.0 Å². The fraction of sp³-hybridized carbons (Fsp3) is 0.700. The van der Waals surface area contributed by atoms with Crippen LogP contribution in [-0.4, -0.2) is 30.3 Å². The Kier molecular flexibility index (Phi) is 4.20. The van der Waals surface area contributed by atoms with Crippen LogP contribution in [0.2, 0.25) is 0 Å². The molecule has 1 rings (SSSR count). The lowest BCUT2D eigenvalue weighted by Gasteiger charge is -2.19. The summed E-state index contributed by atoms with van der Waals surface area (Å²) in [6.07, 6.45) is -2.56. The van der Waals surface area contributed by atoms with Crippen molar-refractivity contribution in [3.05, 3.63) is 11.8 Å². The van der Waals surface area contributed by atoms with Crippen molar-refractivity contribution in [2.24, 2.45) is 0 Å². The van der Waals surface area contributed by atoms with Crippen molar-refractivity contribution < 1.29 is 22.7 Å². The van der Waals surface area contributed by atoms with Crippen LogP contribution in [0.1, 0.15) is 26.2 Å². The molecule has 0 aromatic heterocycles. The molecular formula is C10H14F3NO2. The fourth-order valence-electron chi connectivity index (χ4n) is 1.43. The Balaban J connectivity index is 2.79. The number of hydrogen-bond donors (Lipinski definition) is 0. The fourth-order valence-corrected chi connectivity index (χ4v) is 1.43. The van der Waals surface area contributed by atoms with Crippen LogP contribution < -0.4 is 0 Å². The van der Waals surface area contributed by atoms with E-state index < -0.39 is 18.0 Å². The monoisotopic (exact) mass is 237 g/mol. The van der Waals surface area contributed by atoms with Gasteiger partial charge in [0.05, 0.1) is 6.54 Å². The minimum atomic E-state index is -4.50. The van der Waals surface area contributed by atoms with Crippen LogP contribution in [-0.2, 0) is 4.74 Å². The SMILES string of the molecule is CCCC/C=C(\N1CCOC1=O)C(F)(F)F. The van der Waals surface area contributed by atoms with E-state index in [2.05, 4.69) is 4.74 Å². The van der Waals surface area contributed by atoms with Crippen molar-refractivity contribution in [3.63, 3.8) is 0 Å². The summed E-state index contributed by atoms with van der Waals surface area (Å²) in [5.41, 5.74) is -0.900. The summed E-state index contributed by atoms with van der Waals surface area (Å²) < 4.78 is 42.5. The summed E-state index contributed by atoms with van der Waals surface area (Å²) in [6, 6.07) is 0. The number of carbonyl (C=O) groups excluding carboxylic acids is 1. The lowest BCUT2D eigenvalue weighted by molar-refractivity contribution is -0.107. The second-order valence-electron chi connectivity index (χ2n) is 3.50. The Morgan fingerprint density at radius 1 is 1.56 bits per heavy atom. The highest BCUT2D eigenvalue weighted by molar-refractivity contribution is 5.72. The quantitative estimate of drug-likeness (QED) is 0.703. The molecule has 3 nitrogen and oxygen atoms in total. The molecule has 1 heterocycles. The largest absolute Gasteiger partial charge is 0.447 e. The third-order valence-electron chi connectivity index (χ3n) is 2.24. The van der Waals surface area contributed by atoms with E-state index in [0.717, 1.165) is 12.5 Å². The standard InChI is InChI=1S/C10H14F3NO2/c1-2-3-4-5-8(10(11,12)13)14-6-7-16-9(14)15/h5H,2-4,6-7H2,1H3/b8-5-. The number of nitrogens with zero attached hydrogens (tertiary/aromatic N) is 1. The van der Waals surface area contributed by atoms with Gasteiger partial charge < -0.3 is 4.74 Å². The van der Waals surface area contributed by atoms with Crippen LogP contribution in [0.3, 0.4) is 0 Å². The minimum absolute atomic E-state index is 0.0139. The number of allylic oxidation sites excluding steroid dienone is 2. The second-order valence-corrected chi connectivity index (χ2v) is 3.50. The molecule has 1 amide bonds. The van der Waals surface area contributed by atoms with Crippen LogP contribution in [0, 0.1) is 0 Å². The molecule has 0 aromatic rings. The normalized spacial score (nSPS) is 17.9. The molecule has 1 aliphatic rings. The maximum Gasteiger partial charge on any atom is 0.431 e. The van der Waals surface area contributed by atoms with Gasteiger partial charge in [-0.2, -0.15) is 13.2 Å². The number of ether oxygens (including phenoxy) is 1. The zero-order chi connectivity index (χ0) is 12.2. The summed E-state index contributed by atoms with van der Waals surface area (Å²) in [4.78, 5) is 11.7. The van der Waals surface area contributed by atoms with Gasteiger partial charge in [0.15, 0.2) is 0 Å². The Labute approximate surface area is 91.9 Å². The summed E-state index contributed by atoms with van der Waals surface area (Å²) in [5.74, 6) is 0. The van der Waals surface area contributed by atoms with Crippen molar-refractivity contribution in [2.45, 2.75) is 32.4 Å². The van der Waals surface area contributed by atoms with Crippen molar-refractivity contribution in [1.82, 2.24) is 4.90 Å². The lowest BCUT2D eigenvalue weighted by atomic mass is 10.2. The Hall–Kier alpha value is -1.20. The van der Waals surface area contributed by atoms with Gasteiger partial charge in [-0.05, 0) is 6.42 Å². The summed E-state index contributed by atoms with van der Waals surface area (Å²) in [5, 5.41) is 0. The third kappa shape index (κ3) is 3.15. The van der Waals surface area contributed by atoms with Gasteiger partial charge >= 0.3 is 12.3 Å². The third-order valence-corrected chi connectivity index (χ3v) is 2.24. The number of amides is 1. The molecule has 92 valence electrons. The minimum Gasteiger partial charge on any atom is -0.447 e. The van der Waals surface area contributed by atoms with Crippen LogP contribution in [0.15, 0.2) is 11.8 Å². The van der Waals surface area contributed by atoms with Crippen LogP contribution in [0.25, 0.3) is 0 Å². The highest BCUT2D eigenvalue weighted by atomic mass is 19.4. The van der Waals surface area contributed by atoms with Crippen LogP contribution >= 0.6 is 0 Å². The topological polar surface area (TPSA) is 29.5 Å². The van der Waals surface area contributed by atoms with Crippen molar-refractivity contribution >= 4 is 6.09 Å². The number of cyclic esters (lactones) is 1. The molecule has 1 saturated heterocycles. The zero-order valence-electron chi connectivity index (χ0n) is 9.01. The number of rotatable bonds is 4. The molecular weight excluding hydrogens is 223 g/mol. The molecule has 0 aliphatic carbocycles. The van der Waals surface area contributed by atoms with Gasteiger partial charge in [0, 0.05) is 0 Å². The summed E-state index contributed by atoms with van der Waals surface area (Å²) >= 11 is 0. The van der Waals surface area contributed by atoms with E-state index in [1.165, 1.54) is 0 Å². The first-order chi connectivity index (χ1) is 7.46. The maximum absolute atomic E-state index is 12.7. The molecule has 0 atom stereocenters. The van der Waals surface area contributed by atoms with E-state index in [1.54, 1.807) is 0 Å². The lowest BCUT2D eigenvalue weighted by Crippen LogP contribution is -2.32. The molecule has 0 N–H and O–H groups in total. The number of halogens is 3. The van der Waals surface area contributed by atoms with Crippen molar-refractivity contribution in [2.75, 3.05) is 13.2 Å². The van der Waals surface area contributed by atoms with Crippen molar-refractivity contribution in [1.29, 1.82) is 0 Å². The number of hydrogen-bond acceptors (Lipinski definition) is 2. The Morgan fingerprint density at radius 3 is 2.69 bits per heavy atom. The molecule has 1 fully saturated rings. The number of unbranched alkanes of at least 4 members (excludes halogenated alkanes) is 2. The van der Waals surface area contributed by atoms with E-state index >= 15 is 0 Å². The van der Waals surface area contributed by atoms with Gasteiger partial charge in [-0.3, -0.25) is 4.90 Å². The summed E-state index contributed by atoms with van der Waals surface area (Å²) in [7, 11) is 0. The van der Waals surface area contributed by atoms with Gasteiger partial charge in [-0.15, -0.1) is 0 Å². The van der Waals surface area contributed by atoms with Crippen LogP contribution in [0.5, 0.6) is 0 Å². The van der Waals surface area contributed by atoms with Gasteiger partial charge in [0.25, 0.3) is 0 Å². The number of carbonyl (C=O) groups is 1.